The van der Waals surface area contributed by atoms with Crippen molar-refractivity contribution in [3.05, 3.63) is 0 Å². The minimum atomic E-state index is -1.06. The normalized spacial score (nSPS) is 19.3. The molecule has 107 valence electrons. The number of hydrogen-bond donors (Lipinski definition) is 1. The molecule has 5 heteroatoms. The van der Waals surface area contributed by atoms with Gasteiger partial charge in [-0.05, 0) is 33.2 Å². The summed E-state index contributed by atoms with van der Waals surface area (Å²) < 4.78 is 11.5. The van der Waals surface area contributed by atoms with E-state index >= 15 is 0 Å². The lowest BCUT2D eigenvalue weighted by Crippen LogP contribution is -2.43. The Labute approximate surface area is 114 Å². The van der Waals surface area contributed by atoms with Crippen LogP contribution in [0.1, 0.15) is 33.6 Å². The third kappa shape index (κ3) is 6.29. The minimum absolute atomic E-state index is 0.581. The second-order valence-electron chi connectivity index (χ2n) is 4.82. The Hall–Kier alpha value is 0.0569. The van der Waals surface area contributed by atoms with Gasteiger partial charge in [0.05, 0.1) is 0 Å². The SMILES string of the molecule is CCO[Si](OCC)C(C)CCCN1CCNCC1. The first-order valence-electron chi connectivity index (χ1n) is 7.33. The zero-order valence-electron chi connectivity index (χ0n) is 12.2. The summed E-state index contributed by atoms with van der Waals surface area (Å²) in [5.41, 5.74) is 0.581. The molecule has 1 aliphatic rings. The molecule has 1 aliphatic heterocycles. The van der Waals surface area contributed by atoms with Gasteiger partial charge in [-0.1, -0.05) is 6.92 Å². The first-order valence-corrected chi connectivity index (χ1v) is 8.72. The van der Waals surface area contributed by atoms with E-state index in [9.17, 15) is 0 Å². The lowest BCUT2D eigenvalue weighted by atomic mass is 10.2. The lowest BCUT2D eigenvalue weighted by Gasteiger charge is -2.28. The highest BCUT2D eigenvalue weighted by Gasteiger charge is 2.23. The quantitative estimate of drug-likeness (QED) is 0.647. The summed E-state index contributed by atoms with van der Waals surface area (Å²) in [6.07, 6.45) is 2.48. The van der Waals surface area contributed by atoms with Crippen molar-refractivity contribution in [1.29, 1.82) is 0 Å². The van der Waals surface area contributed by atoms with E-state index in [1.807, 2.05) is 0 Å². The van der Waals surface area contributed by atoms with Crippen LogP contribution in [0.25, 0.3) is 0 Å². The van der Waals surface area contributed by atoms with Gasteiger partial charge in [-0.15, -0.1) is 0 Å². The fourth-order valence-corrected chi connectivity index (χ4v) is 3.95. The maximum Gasteiger partial charge on any atom is 0.387 e. The summed E-state index contributed by atoms with van der Waals surface area (Å²) in [6.45, 7) is 13.8. The average Bonchev–Trinajstić information content (AvgIpc) is 2.39. The molecule has 1 rings (SSSR count). The second kappa shape index (κ2) is 9.92. The minimum Gasteiger partial charge on any atom is -0.393 e. The van der Waals surface area contributed by atoms with Crippen molar-refractivity contribution in [3.63, 3.8) is 0 Å². The molecule has 1 heterocycles. The summed E-state index contributed by atoms with van der Waals surface area (Å²) in [4.78, 5) is 2.55. The fourth-order valence-electron chi connectivity index (χ4n) is 2.28. The average molecular weight is 273 g/mol. The molecule has 0 amide bonds. The molecular weight excluding hydrogens is 244 g/mol. The largest absolute Gasteiger partial charge is 0.393 e. The van der Waals surface area contributed by atoms with E-state index in [0.29, 0.717) is 5.54 Å². The van der Waals surface area contributed by atoms with Crippen LogP contribution in [0, 0.1) is 0 Å². The highest BCUT2D eigenvalue weighted by Crippen LogP contribution is 2.18. The summed E-state index contributed by atoms with van der Waals surface area (Å²) in [5.74, 6) is 0. The van der Waals surface area contributed by atoms with Gasteiger partial charge in [0.25, 0.3) is 0 Å². The van der Waals surface area contributed by atoms with Crippen molar-refractivity contribution in [3.8, 4) is 0 Å². The van der Waals surface area contributed by atoms with Gasteiger partial charge in [-0.2, -0.15) is 0 Å². The van der Waals surface area contributed by atoms with Gasteiger partial charge in [-0.3, -0.25) is 0 Å². The van der Waals surface area contributed by atoms with E-state index in [0.717, 1.165) is 26.3 Å². The van der Waals surface area contributed by atoms with Crippen LogP contribution in [0.5, 0.6) is 0 Å². The molecule has 0 bridgehead atoms. The van der Waals surface area contributed by atoms with Crippen LogP contribution in [-0.4, -0.2) is 60.1 Å². The van der Waals surface area contributed by atoms with Crippen LogP contribution in [0.15, 0.2) is 0 Å². The molecule has 0 aromatic rings. The van der Waals surface area contributed by atoms with Gasteiger partial charge < -0.3 is 19.1 Å². The van der Waals surface area contributed by atoms with Crippen molar-refractivity contribution < 1.29 is 8.85 Å². The number of nitrogens with one attached hydrogen (secondary N) is 1. The highest BCUT2D eigenvalue weighted by atomic mass is 28.3. The summed E-state index contributed by atoms with van der Waals surface area (Å²) in [5, 5.41) is 3.39. The zero-order valence-corrected chi connectivity index (χ0v) is 13.2. The van der Waals surface area contributed by atoms with Crippen LogP contribution < -0.4 is 5.32 Å². The molecule has 0 aromatic heterocycles. The Bertz CT molecular complexity index is 195. The molecule has 0 aliphatic carbocycles. The third-order valence-electron chi connectivity index (χ3n) is 3.30. The lowest BCUT2D eigenvalue weighted by molar-refractivity contribution is 0.200. The number of nitrogens with zero attached hydrogens (tertiary/aromatic N) is 1. The maximum absolute atomic E-state index is 5.74. The molecule has 1 atom stereocenters. The van der Waals surface area contributed by atoms with Gasteiger partial charge in [0, 0.05) is 44.9 Å². The van der Waals surface area contributed by atoms with E-state index < -0.39 is 9.28 Å². The van der Waals surface area contributed by atoms with E-state index in [4.69, 9.17) is 8.85 Å². The Morgan fingerprint density at radius 3 is 2.33 bits per heavy atom. The monoisotopic (exact) mass is 273 g/mol. The molecule has 1 radical (unpaired) electrons. The van der Waals surface area contributed by atoms with Crippen LogP contribution in [0.3, 0.4) is 0 Å². The first-order chi connectivity index (χ1) is 8.77. The van der Waals surface area contributed by atoms with Crippen molar-refractivity contribution >= 4 is 9.28 Å². The standard InChI is InChI=1S/C13H29N2O2Si/c1-4-16-18(17-5-2)13(3)7-6-10-15-11-8-14-9-12-15/h13-14H,4-12H2,1-3H3. The molecule has 18 heavy (non-hydrogen) atoms. The number of piperazine rings is 1. The highest BCUT2D eigenvalue weighted by molar-refractivity contribution is 6.46. The van der Waals surface area contributed by atoms with E-state index in [-0.39, 0.29) is 0 Å². The third-order valence-corrected chi connectivity index (χ3v) is 5.54. The van der Waals surface area contributed by atoms with Crippen molar-refractivity contribution in [2.75, 3.05) is 45.9 Å². The van der Waals surface area contributed by atoms with Crippen LogP contribution >= 0.6 is 0 Å². The van der Waals surface area contributed by atoms with Gasteiger partial charge >= 0.3 is 9.28 Å². The van der Waals surface area contributed by atoms with Crippen LogP contribution in [-0.2, 0) is 8.85 Å². The molecule has 1 N–H and O–H groups in total. The molecule has 1 unspecified atom stereocenters. The number of rotatable bonds is 9. The van der Waals surface area contributed by atoms with Crippen molar-refractivity contribution in [1.82, 2.24) is 10.2 Å². The molecular formula is C13H29N2O2Si. The predicted molar refractivity (Wildman–Crippen MR) is 77.0 cm³/mol. The Balaban J connectivity index is 2.14. The van der Waals surface area contributed by atoms with Crippen molar-refractivity contribution in [2.45, 2.75) is 39.2 Å². The number of hydrogen-bond acceptors (Lipinski definition) is 4. The molecule has 0 spiro atoms. The smallest absolute Gasteiger partial charge is 0.387 e. The molecule has 1 saturated heterocycles. The molecule has 0 saturated carbocycles. The molecule has 0 aromatic carbocycles. The van der Waals surface area contributed by atoms with Gasteiger partial charge in [0.15, 0.2) is 0 Å². The Morgan fingerprint density at radius 2 is 1.78 bits per heavy atom. The van der Waals surface area contributed by atoms with E-state index in [2.05, 4.69) is 31.0 Å². The summed E-state index contributed by atoms with van der Waals surface area (Å²) in [7, 11) is -1.06. The molecule has 1 fully saturated rings. The zero-order chi connectivity index (χ0) is 13.2. The first kappa shape index (κ1) is 16.1. The Kier molecular flexibility index (Phi) is 8.88. The summed E-state index contributed by atoms with van der Waals surface area (Å²) in [6, 6.07) is 0. The summed E-state index contributed by atoms with van der Waals surface area (Å²) >= 11 is 0. The topological polar surface area (TPSA) is 33.7 Å². The van der Waals surface area contributed by atoms with Gasteiger partial charge in [-0.25, -0.2) is 0 Å². The van der Waals surface area contributed by atoms with Gasteiger partial charge in [0.1, 0.15) is 0 Å². The van der Waals surface area contributed by atoms with Crippen LogP contribution in [0.2, 0.25) is 5.54 Å². The predicted octanol–water partition coefficient (Wildman–Crippen LogP) is 1.62. The van der Waals surface area contributed by atoms with E-state index in [1.54, 1.807) is 0 Å². The second-order valence-corrected chi connectivity index (χ2v) is 7.02. The van der Waals surface area contributed by atoms with Gasteiger partial charge in [0.2, 0.25) is 0 Å². The molecule has 4 nitrogen and oxygen atoms in total. The van der Waals surface area contributed by atoms with Crippen molar-refractivity contribution in [2.24, 2.45) is 0 Å². The fraction of sp³-hybridized carbons (Fsp3) is 1.00. The maximum atomic E-state index is 5.74. The van der Waals surface area contributed by atoms with Crippen LogP contribution in [0.4, 0.5) is 0 Å². The Morgan fingerprint density at radius 1 is 1.17 bits per heavy atom. The van der Waals surface area contributed by atoms with E-state index in [1.165, 1.54) is 32.5 Å².